The highest BCUT2D eigenvalue weighted by Crippen LogP contribution is 2.58. The van der Waals surface area contributed by atoms with Gasteiger partial charge in [-0.25, -0.2) is 4.90 Å². The van der Waals surface area contributed by atoms with Crippen LogP contribution < -0.4 is 4.90 Å². The Labute approximate surface area is 200 Å². The predicted molar refractivity (Wildman–Crippen MR) is 124 cm³/mol. The summed E-state index contributed by atoms with van der Waals surface area (Å²) in [6, 6.07) is 20.2. The van der Waals surface area contributed by atoms with E-state index in [1.54, 1.807) is 66.7 Å². The minimum Gasteiger partial charge on any atom is -0.349 e. The fraction of sp³-hybridized carbons (Fsp3) is 0.185. The fourth-order valence-corrected chi connectivity index (χ4v) is 5.77. The molecule has 2 saturated heterocycles. The molecule has 0 bridgehead atoms. The van der Waals surface area contributed by atoms with Crippen LogP contribution in [0.4, 0.5) is 5.69 Å². The standard InChI is InChI=1S/C27H18ClNO5/c1-14-7-6-8-15(13-14)29-25(32)20-21(26(29)33)27(34-22(20)18-11-4-5-12-19(18)28)23(30)16-9-2-3-10-17(16)24(27)31/h2-13,20-22H,1H3/t20-,21+,22-/m0/s1. The number of amides is 2. The van der Waals surface area contributed by atoms with Crippen LogP contribution in [0.2, 0.25) is 5.02 Å². The molecule has 3 aromatic rings. The SMILES string of the molecule is Cc1cccc(N2C(=O)[C@@H]3[C@H](c4ccccc4Cl)OC4(C(=O)c5ccccc5C4=O)[C@H]3C2=O)c1. The molecule has 0 N–H and O–H groups in total. The maximum atomic E-state index is 13.9. The summed E-state index contributed by atoms with van der Waals surface area (Å²) in [5.74, 6) is -4.69. The lowest BCUT2D eigenvalue weighted by Crippen LogP contribution is -2.51. The van der Waals surface area contributed by atoms with Crippen molar-refractivity contribution >= 4 is 40.7 Å². The molecule has 0 unspecified atom stereocenters. The van der Waals surface area contributed by atoms with Crippen molar-refractivity contribution in [2.24, 2.45) is 11.8 Å². The number of ketones is 2. The third-order valence-electron chi connectivity index (χ3n) is 6.99. The monoisotopic (exact) mass is 471 g/mol. The van der Waals surface area contributed by atoms with Crippen molar-refractivity contribution in [1.82, 2.24) is 0 Å². The van der Waals surface area contributed by atoms with Gasteiger partial charge in [0.15, 0.2) is 0 Å². The number of benzene rings is 3. The number of Topliss-reactive ketones (excluding diaryl/α,β-unsaturated/α-hetero) is 2. The molecule has 3 aliphatic rings. The first-order chi connectivity index (χ1) is 16.4. The van der Waals surface area contributed by atoms with Crippen molar-refractivity contribution < 1.29 is 23.9 Å². The zero-order valence-electron chi connectivity index (χ0n) is 18.0. The van der Waals surface area contributed by atoms with Crippen LogP contribution in [0.15, 0.2) is 72.8 Å². The average molecular weight is 472 g/mol. The van der Waals surface area contributed by atoms with Crippen molar-refractivity contribution in [1.29, 1.82) is 0 Å². The number of anilines is 1. The van der Waals surface area contributed by atoms with Gasteiger partial charge in [0.2, 0.25) is 29.0 Å². The molecular formula is C27H18ClNO5. The number of carbonyl (C=O) groups is 4. The van der Waals surface area contributed by atoms with Gasteiger partial charge in [-0.3, -0.25) is 19.2 Å². The molecule has 1 aliphatic carbocycles. The summed E-state index contributed by atoms with van der Waals surface area (Å²) >= 11 is 6.45. The van der Waals surface area contributed by atoms with Crippen molar-refractivity contribution in [3.8, 4) is 0 Å². The van der Waals surface area contributed by atoms with Crippen LogP contribution in [-0.4, -0.2) is 29.0 Å². The summed E-state index contributed by atoms with van der Waals surface area (Å²) in [7, 11) is 0. The van der Waals surface area contributed by atoms with Crippen LogP contribution >= 0.6 is 11.6 Å². The molecule has 0 saturated carbocycles. The fourth-order valence-electron chi connectivity index (χ4n) is 5.53. The Morgan fingerprint density at radius 2 is 1.47 bits per heavy atom. The van der Waals surface area contributed by atoms with Crippen LogP contribution in [0.1, 0.15) is 37.9 Å². The van der Waals surface area contributed by atoms with Gasteiger partial charge in [0.1, 0.15) is 0 Å². The quantitative estimate of drug-likeness (QED) is 0.410. The number of hydrogen-bond donors (Lipinski definition) is 0. The number of nitrogens with zero attached hydrogens (tertiary/aromatic N) is 1. The summed E-state index contributed by atoms with van der Waals surface area (Å²) in [6.07, 6.45) is -1.04. The molecule has 1 spiro atoms. The van der Waals surface area contributed by atoms with Crippen molar-refractivity contribution in [3.05, 3.63) is 100 Å². The van der Waals surface area contributed by atoms with E-state index in [9.17, 15) is 19.2 Å². The topological polar surface area (TPSA) is 80.8 Å². The van der Waals surface area contributed by atoms with E-state index in [1.807, 2.05) is 13.0 Å². The van der Waals surface area contributed by atoms with Crippen molar-refractivity contribution in [2.75, 3.05) is 4.90 Å². The van der Waals surface area contributed by atoms with E-state index in [2.05, 4.69) is 0 Å². The molecule has 3 atom stereocenters. The summed E-state index contributed by atoms with van der Waals surface area (Å²) in [5, 5.41) is 0.327. The predicted octanol–water partition coefficient (Wildman–Crippen LogP) is 4.34. The Hall–Kier alpha value is -3.61. The molecule has 0 aromatic heterocycles. The maximum Gasteiger partial charge on any atom is 0.241 e. The Balaban J connectivity index is 1.57. The largest absolute Gasteiger partial charge is 0.349 e. The number of rotatable bonds is 2. The van der Waals surface area contributed by atoms with E-state index in [1.165, 1.54) is 0 Å². The third-order valence-corrected chi connectivity index (χ3v) is 7.33. The van der Waals surface area contributed by atoms with Crippen molar-refractivity contribution in [3.63, 3.8) is 0 Å². The number of halogens is 1. The highest BCUT2D eigenvalue weighted by atomic mass is 35.5. The molecule has 2 heterocycles. The van der Waals surface area contributed by atoms with E-state index < -0.39 is 46.9 Å². The second-order valence-corrected chi connectivity index (χ2v) is 9.26. The van der Waals surface area contributed by atoms with Crippen LogP contribution in [0, 0.1) is 18.8 Å². The second kappa shape index (κ2) is 7.19. The Bertz CT molecular complexity index is 1390. The van der Waals surface area contributed by atoms with Gasteiger partial charge in [-0.2, -0.15) is 0 Å². The smallest absolute Gasteiger partial charge is 0.241 e. The van der Waals surface area contributed by atoms with Crippen LogP contribution in [0.5, 0.6) is 0 Å². The molecule has 2 amide bonds. The normalized spacial score (nSPS) is 24.8. The Kier molecular flexibility index (Phi) is 4.43. The molecule has 2 aliphatic heterocycles. The number of fused-ring (bicyclic) bond motifs is 3. The van der Waals surface area contributed by atoms with Gasteiger partial charge in [-0.05, 0) is 30.7 Å². The maximum absolute atomic E-state index is 13.9. The summed E-state index contributed by atoms with van der Waals surface area (Å²) in [4.78, 5) is 56.2. The first-order valence-corrected chi connectivity index (χ1v) is 11.3. The highest BCUT2D eigenvalue weighted by molar-refractivity contribution is 6.37. The van der Waals surface area contributed by atoms with Gasteiger partial charge < -0.3 is 4.74 Å². The van der Waals surface area contributed by atoms with Gasteiger partial charge in [0.25, 0.3) is 0 Å². The number of carbonyl (C=O) groups excluding carboxylic acids is 4. The second-order valence-electron chi connectivity index (χ2n) is 8.85. The zero-order valence-corrected chi connectivity index (χ0v) is 18.8. The molecular weight excluding hydrogens is 454 g/mol. The first-order valence-electron chi connectivity index (χ1n) is 10.9. The average Bonchev–Trinajstić information content (AvgIpc) is 3.39. The number of hydrogen-bond acceptors (Lipinski definition) is 5. The summed E-state index contributed by atoms with van der Waals surface area (Å²) in [6.45, 7) is 1.85. The van der Waals surface area contributed by atoms with Gasteiger partial charge in [-0.1, -0.05) is 66.2 Å². The molecule has 6 rings (SSSR count). The van der Waals surface area contributed by atoms with Gasteiger partial charge in [0.05, 0.1) is 23.6 Å². The zero-order chi connectivity index (χ0) is 23.8. The van der Waals surface area contributed by atoms with Gasteiger partial charge in [-0.15, -0.1) is 0 Å². The molecule has 7 heteroatoms. The number of ether oxygens (including phenoxy) is 1. The first kappa shape index (κ1) is 21.0. The van der Waals surface area contributed by atoms with Crippen LogP contribution in [0.25, 0.3) is 0 Å². The minimum absolute atomic E-state index is 0.195. The van der Waals surface area contributed by atoms with Crippen LogP contribution in [-0.2, 0) is 14.3 Å². The van der Waals surface area contributed by atoms with Crippen molar-refractivity contribution in [2.45, 2.75) is 18.6 Å². The highest BCUT2D eigenvalue weighted by Gasteiger charge is 2.74. The molecule has 168 valence electrons. The molecule has 34 heavy (non-hydrogen) atoms. The Morgan fingerprint density at radius 3 is 2.12 bits per heavy atom. The molecule has 2 fully saturated rings. The number of imide groups is 1. The summed E-state index contributed by atoms with van der Waals surface area (Å²) in [5.41, 5.74) is 0.00120. The van der Waals surface area contributed by atoms with E-state index >= 15 is 0 Å². The Morgan fingerprint density at radius 1 is 0.824 bits per heavy atom. The number of aryl methyl sites for hydroxylation is 1. The van der Waals surface area contributed by atoms with Gasteiger partial charge in [0, 0.05) is 21.7 Å². The summed E-state index contributed by atoms with van der Waals surface area (Å²) < 4.78 is 6.25. The lowest BCUT2D eigenvalue weighted by Gasteiger charge is -2.27. The molecule has 0 radical (unpaired) electrons. The molecule has 3 aromatic carbocycles. The van der Waals surface area contributed by atoms with Crippen LogP contribution in [0.3, 0.4) is 0 Å². The van der Waals surface area contributed by atoms with E-state index in [0.29, 0.717) is 16.3 Å². The van der Waals surface area contributed by atoms with E-state index in [0.717, 1.165) is 10.5 Å². The van der Waals surface area contributed by atoms with E-state index in [-0.39, 0.29) is 11.1 Å². The molecule has 6 nitrogen and oxygen atoms in total. The third kappa shape index (κ3) is 2.55. The minimum atomic E-state index is -2.11. The van der Waals surface area contributed by atoms with Gasteiger partial charge >= 0.3 is 0 Å². The lowest BCUT2D eigenvalue weighted by molar-refractivity contribution is -0.127. The van der Waals surface area contributed by atoms with E-state index in [4.69, 9.17) is 16.3 Å². The lowest BCUT2D eigenvalue weighted by atomic mass is 9.77.